The van der Waals surface area contributed by atoms with Crippen LogP contribution in [0.1, 0.15) is 18.2 Å². The first-order valence-corrected chi connectivity index (χ1v) is 7.93. The third-order valence-corrected chi connectivity index (χ3v) is 4.13. The third kappa shape index (κ3) is 3.98. The Morgan fingerprint density at radius 3 is 2.81 bits per heavy atom. The van der Waals surface area contributed by atoms with E-state index in [1.807, 2.05) is 24.1 Å². The predicted molar refractivity (Wildman–Crippen MR) is 88.8 cm³/mol. The lowest BCUT2D eigenvalue weighted by atomic mass is 10.3. The number of hydrogen-bond acceptors (Lipinski definition) is 6. The number of aromatic nitrogens is 2. The fourth-order valence-corrected chi connectivity index (χ4v) is 3.08. The molecule has 2 aromatic heterocycles. The van der Waals surface area contributed by atoms with Gasteiger partial charge in [0.25, 0.3) is 0 Å². The second-order valence-corrected chi connectivity index (χ2v) is 6.37. The number of anilines is 2. The fraction of sp³-hybridized carbons (Fsp3) is 0.429. The SMILES string of the molecule is CCCNc1ncnc(N(C)Cc2ccc(Cl)s2)c1OC. The molecular formula is C14H19ClN4OS. The Kier molecular flexibility index (Phi) is 5.64. The summed E-state index contributed by atoms with van der Waals surface area (Å²) in [7, 11) is 3.61. The lowest BCUT2D eigenvalue weighted by Crippen LogP contribution is -2.19. The standard InChI is InChI=1S/C14H19ClN4OS/c1-4-7-16-13-12(20-3)14(18-9-17-13)19(2)8-10-5-6-11(15)21-10/h5-6,9H,4,7-8H2,1-3H3,(H,16,17,18). The highest BCUT2D eigenvalue weighted by Gasteiger charge is 2.16. The van der Waals surface area contributed by atoms with Gasteiger partial charge in [0.05, 0.1) is 18.0 Å². The van der Waals surface area contributed by atoms with E-state index in [-0.39, 0.29) is 0 Å². The normalized spacial score (nSPS) is 10.5. The van der Waals surface area contributed by atoms with Crippen LogP contribution in [0.4, 0.5) is 11.6 Å². The minimum Gasteiger partial charge on any atom is -0.490 e. The van der Waals surface area contributed by atoms with Crippen molar-refractivity contribution in [3.63, 3.8) is 0 Å². The zero-order chi connectivity index (χ0) is 15.2. The van der Waals surface area contributed by atoms with Crippen LogP contribution in [-0.4, -0.2) is 30.7 Å². The molecule has 2 rings (SSSR count). The van der Waals surface area contributed by atoms with Crippen LogP contribution in [0.25, 0.3) is 0 Å². The molecule has 21 heavy (non-hydrogen) atoms. The van der Waals surface area contributed by atoms with Gasteiger partial charge >= 0.3 is 0 Å². The van der Waals surface area contributed by atoms with Gasteiger partial charge in [-0.1, -0.05) is 18.5 Å². The summed E-state index contributed by atoms with van der Waals surface area (Å²) in [6.07, 6.45) is 2.57. The molecule has 0 aliphatic carbocycles. The van der Waals surface area contributed by atoms with Crippen LogP contribution in [0, 0.1) is 0 Å². The quantitative estimate of drug-likeness (QED) is 0.841. The van der Waals surface area contributed by atoms with Crippen molar-refractivity contribution in [3.8, 4) is 5.75 Å². The van der Waals surface area contributed by atoms with E-state index in [1.165, 1.54) is 4.88 Å². The molecule has 0 fully saturated rings. The molecule has 0 amide bonds. The molecule has 0 aliphatic rings. The van der Waals surface area contributed by atoms with Crippen LogP contribution in [0.5, 0.6) is 5.75 Å². The van der Waals surface area contributed by atoms with E-state index in [2.05, 4.69) is 22.2 Å². The van der Waals surface area contributed by atoms with Crippen LogP contribution in [0.2, 0.25) is 4.34 Å². The largest absolute Gasteiger partial charge is 0.490 e. The summed E-state index contributed by atoms with van der Waals surface area (Å²) in [6.45, 7) is 3.67. The first-order chi connectivity index (χ1) is 10.2. The minimum atomic E-state index is 0.663. The maximum absolute atomic E-state index is 5.97. The molecule has 0 atom stereocenters. The lowest BCUT2D eigenvalue weighted by Gasteiger charge is -2.21. The zero-order valence-electron chi connectivity index (χ0n) is 12.4. The maximum atomic E-state index is 5.97. The summed E-state index contributed by atoms with van der Waals surface area (Å²) in [5, 5.41) is 3.26. The Labute approximate surface area is 133 Å². The highest BCUT2D eigenvalue weighted by molar-refractivity contribution is 7.16. The second-order valence-electron chi connectivity index (χ2n) is 4.57. The highest BCUT2D eigenvalue weighted by atomic mass is 35.5. The van der Waals surface area contributed by atoms with E-state index in [0.29, 0.717) is 5.75 Å². The van der Waals surface area contributed by atoms with Gasteiger partial charge < -0.3 is 15.0 Å². The molecule has 0 saturated carbocycles. The van der Waals surface area contributed by atoms with Crippen LogP contribution in [-0.2, 0) is 6.54 Å². The van der Waals surface area contributed by atoms with E-state index in [0.717, 1.165) is 35.5 Å². The summed E-state index contributed by atoms with van der Waals surface area (Å²) in [6, 6.07) is 3.92. The van der Waals surface area contributed by atoms with Crippen LogP contribution in [0.3, 0.4) is 0 Å². The van der Waals surface area contributed by atoms with E-state index in [1.54, 1.807) is 24.8 Å². The zero-order valence-corrected chi connectivity index (χ0v) is 14.0. The molecule has 0 aromatic carbocycles. The summed E-state index contributed by atoms with van der Waals surface area (Å²) in [5.41, 5.74) is 0. The van der Waals surface area contributed by atoms with Crippen molar-refractivity contribution in [2.75, 3.05) is 30.9 Å². The molecule has 0 unspecified atom stereocenters. The van der Waals surface area contributed by atoms with E-state index >= 15 is 0 Å². The number of nitrogens with one attached hydrogen (secondary N) is 1. The molecule has 2 aromatic rings. The number of rotatable bonds is 7. The van der Waals surface area contributed by atoms with Crippen molar-refractivity contribution in [2.45, 2.75) is 19.9 Å². The van der Waals surface area contributed by atoms with Crippen LogP contribution in [0.15, 0.2) is 18.5 Å². The topological polar surface area (TPSA) is 50.3 Å². The van der Waals surface area contributed by atoms with Crippen LogP contribution >= 0.6 is 22.9 Å². The van der Waals surface area contributed by atoms with Gasteiger partial charge in [-0.2, -0.15) is 0 Å². The minimum absolute atomic E-state index is 0.663. The average molecular weight is 327 g/mol. The van der Waals surface area contributed by atoms with Gasteiger partial charge in [-0.05, 0) is 18.6 Å². The van der Waals surface area contributed by atoms with Gasteiger partial charge in [-0.15, -0.1) is 11.3 Å². The molecule has 0 radical (unpaired) electrons. The number of methoxy groups -OCH3 is 1. The fourth-order valence-electron chi connectivity index (χ4n) is 1.94. The van der Waals surface area contributed by atoms with Crippen molar-refractivity contribution in [3.05, 3.63) is 27.7 Å². The Balaban J connectivity index is 2.21. The number of thiophene rings is 1. The van der Waals surface area contributed by atoms with Gasteiger partial charge in [-0.25, -0.2) is 9.97 Å². The lowest BCUT2D eigenvalue weighted by molar-refractivity contribution is 0.412. The molecule has 1 N–H and O–H groups in total. The summed E-state index contributed by atoms with van der Waals surface area (Å²) in [5.74, 6) is 2.15. The second kappa shape index (κ2) is 7.47. The van der Waals surface area contributed by atoms with Crippen molar-refractivity contribution < 1.29 is 4.74 Å². The molecule has 0 saturated heterocycles. The predicted octanol–water partition coefficient (Wildman–Crippen LogP) is 3.66. The number of halogens is 1. The first-order valence-electron chi connectivity index (χ1n) is 6.74. The third-order valence-electron chi connectivity index (χ3n) is 2.92. The van der Waals surface area contributed by atoms with E-state index in [9.17, 15) is 0 Å². The Hall–Kier alpha value is -1.53. The van der Waals surface area contributed by atoms with Crippen molar-refractivity contribution in [1.29, 1.82) is 0 Å². The highest BCUT2D eigenvalue weighted by Crippen LogP contribution is 2.33. The molecule has 0 spiro atoms. The molecule has 5 nitrogen and oxygen atoms in total. The Bertz CT molecular complexity index is 590. The van der Waals surface area contributed by atoms with Gasteiger partial charge in [0.2, 0.25) is 5.75 Å². The van der Waals surface area contributed by atoms with Gasteiger partial charge in [0.1, 0.15) is 6.33 Å². The summed E-state index contributed by atoms with van der Waals surface area (Å²) >= 11 is 7.54. The number of nitrogens with zero attached hydrogens (tertiary/aromatic N) is 3. The molecule has 2 heterocycles. The van der Waals surface area contributed by atoms with Gasteiger partial charge in [0.15, 0.2) is 11.6 Å². The molecule has 0 bridgehead atoms. The molecular weight excluding hydrogens is 308 g/mol. The van der Waals surface area contributed by atoms with Gasteiger partial charge in [0, 0.05) is 18.5 Å². The smallest absolute Gasteiger partial charge is 0.204 e. The Morgan fingerprint density at radius 2 is 2.19 bits per heavy atom. The molecule has 7 heteroatoms. The summed E-state index contributed by atoms with van der Waals surface area (Å²) < 4.78 is 6.28. The van der Waals surface area contributed by atoms with E-state index in [4.69, 9.17) is 16.3 Å². The van der Waals surface area contributed by atoms with Crippen molar-refractivity contribution >= 4 is 34.6 Å². The molecule has 0 aliphatic heterocycles. The van der Waals surface area contributed by atoms with Crippen molar-refractivity contribution in [1.82, 2.24) is 9.97 Å². The average Bonchev–Trinajstić information content (AvgIpc) is 2.89. The first kappa shape index (κ1) is 15.9. The van der Waals surface area contributed by atoms with E-state index < -0.39 is 0 Å². The number of ether oxygens (including phenoxy) is 1. The van der Waals surface area contributed by atoms with Gasteiger partial charge in [-0.3, -0.25) is 0 Å². The number of hydrogen-bond donors (Lipinski definition) is 1. The van der Waals surface area contributed by atoms with Crippen molar-refractivity contribution in [2.24, 2.45) is 0 Å². The van der Waals surface area contributed by atoms with Crippen LogP contribution < -0.4 is 15.0 Å². The Morgan fingerprint density at radius 1 is 1.38 bits per heavy atom. The molecule has 114 valence electrons. The summed E-state index contributed by atoms with van der Waals surface area (Å²) in [4.78, 5) is 11.8. The monoisotopic (exact) mass is 326 g/mol. The maximum Gasteiger partial charge on any atom is 0.204 e.